The second-order valence-corrected chi connectivity index (χ2v) is 5.57. The summed E-state index contributed by atoms with van der Waals surface area (Å²) in [6.45, 7) is 2.77. The molecule has 2 rings (SSSR count). The van der Waals surface area contributed by atoms with Crippen LogP contribution in [-0.2, 0) is 0 Å². The highest BCUT2D eigenvalue weighted by Gasteiger charge is 2.29. The number of rotatable bonds is 3. The molecule has 0 spiro atoms. The predicted molar refractivity (Wildman–Crippen MR) is 78.8 cm³/mol. The highest BCUT2D eigenvalue weighted by Crippen LogP contribution is 2.23. The van der Waals surface area contributed by atoms with Gasteiger partial charge < -0.3 is 20.4 Å². The zero-order valence-electron chi connectivity index (χ0n) is 11.5. The summed E-state index contributed by atoms with van der Waals surface area (Å²) >= 11 is 5.78. The lowest BCUT2D eigenvalue weighted by Crippen LogP contribution is -2.34. The molecular formula is C14H17ClN2O4. The van der Waals surface area contributed by atoms with Gasteiger partial charge in [0.05, 0.1) is 16.7 Å². The van der Waals surface area contributed by atoms with Crippen LogP contribution < -0.4 is 5.32 Å². The minimum absolute atomic E-state index is 0.0576. The van der Waals surface area contributed by atoms with Gasteiger partial charge in [-0.05, 0) is 31.5 Å². The molecule has 7 heteroatoms. The van der Waals surface area contributed by atoms with Crippen molar-refractivity contribution >= 4 is 29.3 Å². The number of carbonyl (C=O) groups is 2. The summed E-state index contributed by atoms with van der Waals surface area (Å²) in [7, 11) is 0. The van der Waals surface area contributed by atoms with Gasteiger partial charge in [-0.1, -0.05) is 11.6 Å². The van der Waals surface area contributed by atoms with E-state index in [0.717, 1.165) is 6.42 Å². The van der Waals surface area contributed by atoms with Crippen molar-refractivity contribution in [3.8, 4) is 0 Å². The standard InChI is InChI=1S/C14H17ClN2O4/c1-8(18)9-4-5-17(7-9)14(21)16-10-2-3-12(15)11(6-10)13(19)20/h2-3,6,8-9,18H,4-5,7H2,1H3,(H,16,21)(H,19,20). The molecule has 2 unspecified atom stereocenters. The number of amides is 2. The number of hydrogen-bond acceptors (Lipinski definition) is 3. The number of aliphatic hydroxyl groups excluding tert-OH is 1. The normalized spacial score (nSPS) is 19.4. The molecule has 1 fully saturated rings. The van der Waals surface area contributed by atoms with Crippen LogP contribution in [0.2, 0.25) is 5.02 Å². The number of carboxylic acids is 1. The zero-order chi connectivity index (χ0) is 15.6. The molecule has 114 valence electrons. The van der Waals surface area contributed by atoms with Crippen molar-refractivity contribution in [2.24, 2.45) is 5.92 Å². The number of nitrogens with one attached hydrogen (secondary N) is 1. The molecule has 0 bridgehead atoms. The topological polar surface area (TPSA) is 89.9 Å². The Morgan fingerprint density at radius 1 is 1.48 bits per heavy atom. The maximum absolute atomic E-state index is 12.1. The van der Waals surface area contributed by atoms with Crippen LogP contribution in [0.5, 0.6) is 0 Å². The predicted octanol–water partition coefficient (Wildman–Crippen LogP) is 2.27. The Morgan fingerprint density at radius 2 is 2.19 bits per heavy atom. The monoisotopic (exact) mass is 312 g/mol. The third-order valence-corrected chi connectivity index (χ3v) is 3.97. The first kappa shape index (κ1) is 15.6. The van der Waals surface area contributed by atoms with Crippen LogP contribution in [0.4, 0.5) is 10.5 Å². The van der Waals surface area contributed by atoms with Crippen LogP contribution in [0.3, 0.4) is 0 Å². The lowest BCUT2D eigenvalue weighted by atomic mass is 10.0. The number of likely N-dealkylation sites (tertiary alicyclic amines) is 1. The van der Waals surface area contributed by atoms with Crippen molar-refractivity contribution in [3.63, 3.8) is 0 Å². The highest BCUT2D eigenvalue weighted by molar-refractivity contribution is 6.33. The molecule has 21 heavy (non-hydrogen) atoms. The van der Waals surface area contributed by atoms with Crippen LogP contribution in [0.25, 0.3) is 0 Å². The van der Waals surface area contributed by atoms with Gasteiger partial charge in [0, 0.05) is 24.7 Å². The van der Waals surface area contributed by atoms with Crippen LogP contribution in [0.15, 0.2) is 18.2 Å². The Labute approximate surface area is 127 Å². The molecular weight excluding hydrogens is 296 g/mol. The smallest absolute Gasteiger partial charge is 0.337 e. The fourth-order valence-corrected chi connectivity index (χ4v) is 2.53. The van der Waals surface area contributed by atoms with Gasteiger partial charge in [0.15, 0.2) is 0 Å². The van der Waals surface area contributed by atoms with E-state index in [0.29, 0.717) is 18.8 Å². The Bertz CT molecular complexity index is 562. The lowest BCUT2D eigenvalue weighted by molar-refractivity contribution is 0.0697. The third-order valence-electron chi connectivity index (χ3n) is 3.64. The third kappa shape index (κ3) is 3.65. The summed E-state index contributed by atoms with van der Waals surface area (Å²) < 4.78 is 0. The maximum atomic E-state index is 12.1. The van der Waals surface area contributed by atoms with E-state index in [4.69, 9.17) is 16.7 Å². The molecule has 0 radical (unpaired) electrons. The summed E-state index contributed by atoms with van der Waals surface area (Å²) in [4.78, 5) is 24.7. The Kier molecular flexibility index (Phi) is 4.69. The van der Waals surface area contributed by atoms with Crippen LogP contribution in [0.1, 0.15) is 23.7 Å². The summed E-state index contributed by atoms with van der Waals surface area (Å²) in [6, 6.07) is 4.00. The van der Waals surface area contributed by atoms with Gasteiger partial charge >= 0.3 is 12.0 Å². The number of urea groups is 1. The summed E-state index contributed by atoms with van der Waals surface area (Å²) in [5.41, 5.74) is 0.319. The number of benzene rings is 1. The van der Waals surface area contributed by atoms with E-state index in [1.54, 1.807) is 17.9 Å². The molecule has 1 aliphatic heterocycles. The largest absolute Gasteiger partial charge is 0.478 e. The molecule has 1 aromatic rings. The summed E-state index contributed by atoms with van der Waals surface area (Å²) in [5.74, 6) is -1.07. The molecule has 0 aromatic heterocycles. The highest BCUT2D eigenvalue weighted by atomic mass is 35.5. The van der Waals surface area contributed by atoms with Gasteiger partial charge in [-0.2, -0.15) is 0 Å². The zero-order valence-corrected chi connectivity index (χ0v) is 12.3. The number of halogens is 1. The molecule has 3 N–H and O–H groups in total. The molecule has 2 atom stereocenters. The van der Waals surface area contributed by atoms with E-state index in [-0.39, 0.29) is 22.5 Å². The molecule has 0 aliphatic carbocycles. The van der Waals surface area contributed by atoms with E-state index >= 15 is 0 Å². The van der Waals surface area contributed by atoms with E-state index in [1.165, 1.54) is 12.1 Å². The second kappa shape index (κ2) is 6.32. The Balaban J connectivity index is 2.04. The second-order valence-electron chi connectivity index (χ2n) is 5.17. The van der Waals surface area contributed by atoms with Crippen molar-refractivity contribution < 1.29 is 19.8 Å². The summed E-state index contributed by atoms with van der Waals surface area (Å²) in [5, 5.41) is 21.3. The number of carbonyl (C=O) groups excluding carboxylic acids is 1. The first-order chi connectivity index (χ1) is 9.88. The van der Waals surface area contributed by atoms with E-state index in [1.807, 2.05) is 0 Å². The van der Waals surface area contributed by atoms with E-state index < -0.39 is 12.1 Å². The molecule has 1 saturated heterocycles. The molecule has 1 heterocycles. The van der Waals surface area contributed by atoms with E-state index in [9.17, 15) is 14.7 Å². The fourth-order valence-electron chi connectivity index (χ4n) is 2.33. The molecule has 0 saturated carbocycles. The molecule has 1 aromatic carbocycles. The van der Waals surface area contributed by atoms with E-state index in [2.05, 4.69) is 5.32 Å². The van der Waals surface area contributed by atoms with Gasteiger partial charge in [-0.15, -0.1) is 0 Å². The molecule has 2 amide bonds. The van der Waals surface area contributed by atoms with Crippen LogP contribution in [-0.4, -0.2) is 46.3 Å². The SMILES string of the molecule is CC(O)C1CCN(C(=O)Nc2ccc(Cl)c(C(=O)O)c2)C1. The van der Waals surface area contributed by atoms with Crippen LogP contribution in [0, 0.1) is 5.92 Å². The number of aromatic carboxylic acids is 1. The Morgan fingerprint density at radius 3 is 2.76 bits per heavy atom. The molecule has 1 aliphatic rings. The first-order valence-electron chi connectivity index (χ1n) is 6.65. The number of anilines is 1. The van der Waals surface area contributed by atoms with Crippen molar-refractivity contribution in [3.05, 3.63) is 28.8 Å². The number of aliphatic hydroxyl groups is 1. The minimum atomic E-state index is -1.15. The lowest BCUT2D eigenvalue weighted by Gasteiger charge is -2.18. The first-order valence-corrected chi connectivity index (χ1v) is 7.03. The maximum Gasteiger partial charge on any atom is 0.337 e. The van der Waals surface area contributed by atoms with Crippen molar-refractivity contribution in [1.29, 1.82) is 0 Å². The average molecular weight is 313 g/mol. The van der Waals surface area contributed by atoms with Gasteiger partial charge in [0.1, 0.15) is 0 Å². The quantitative estimate of drug-likeness (QED) is 0.798. The van der Waals surface area contributed by atoms with Gasteiger partial charge in [0.25, 0.3) is 0 Å². The van der Waals surface area contributed by atoms with Crippen molar-refractivity contribution in [2.45, 2.75) is 19.4 Å². The van der Waals surface area contributed by atoms with Gasteiger partial charge in [-0.3, -0.25) is 0 Å². The number of hydrogen-bond donors (Lipinski definition) is 3. The minimum Gasteiger partial charge on any atom is -0.478 e. The Hall–Kier alpha value is -1.79. The number of nitrogens with zero attached hydrogens (tertiary/aromatic N) is 1. The summed E-state index contributed by atoms with van der Waals surface area (Å²) in [6.07, 6.45) is 0.309. The van der Waals surface area contributed by atoms with Gasteiger partial charge in [0.2, 0.25) is 0 Å². The van der Waals surface area contributed by atoms with Gasteiger partial charge in [-0.25, -0.2) is 9.59 Å². The van der Waals surface area contributed by atoms with Crippen molar-refractivity contribution in [1.82, 2.24) is 4.90 Å². The fraction of sp³-hybridized carbons (Fsp3) is 0.429. The molecule has 6 nitrogen and oxygen atoms in total. The average Bonchev–Trinajstić information content (AvgIpc) is 2.90. The van der Waals surface area contributed by atoms with Crippen molar-refractivity contribution in [2.75, 3.05) is 18.4 Å². The van der Waals surface area contributed by atoms with Crippen LogP contribution >= 0.6 is 11.6 Å². The number of carboxylic acid groups (broad SMARTS) is 1.